The Morgan fingerprint density at radius 2 is 2.24 bits per heavy atom. The zero-order valence-electron chi connectivity index (χ0n) is 11.9. The molecule has 0 saturated heterocycles. The Morgan fingerprint density at radius 3 is 2.90 bits per heavy atom. The highest BCUT2D eigenvalue weighted by atomic mass is 35.5. The van der Waals surface area contributed by atoms with Gasteiger partial charge in [0.15, 0.2) is 0 Å². The summed E-state index contributed by atoms with van der Waals surface area (Å²) >= 11 is 5.81. The number of nitrogens with zero attached hydrogens (tertiary/aromatic N) is 1. The Balaban J connectivity index is 2.14. The Labute approximate surface area is 128 Å². The third-order valence-corrected chi connectivity index (χ3v) is 4.28. The summed E-state index contributed by atoms with van der Waals surface area (Å²) in [4.78, 5) is 22.6. The molecule has 0 N–H and O–H groups in total. The standard InChI is InChI=1S/C15H18ClNO4/c1-2-10-5-3-6-11(9-10)21-15(18)12-7-4-8-13(16)14(12)17(19)20/h4,7-8,10-11H,2-3,5-6,9H2,1H3. The molecule has 0 amide bonds. The van der Waals surface area contributed by atoms with Gasteiger partial charge < -0.3 is 4.74 Å². The van der Waals surface area contributed by atoms with Gasteiger partial charge in [0.25, 0.3) is 0 Å². The first-order chi connectivity index (χ1) is 10.0. The van der Waals surface area contributed by atoms with Crippen LogP contribution in [0.3, 0.4) is 0 Å². The highest BCUT2D eigenvalue weighted by Gasteiger charge is 2.29. The molecule has 0 aromatic heterocycles. The van der Waals surface area contributed by atoms with Crippen LogP contribution >= 0.6 is 11.6 Å². The molecule has 5 nitrogen and oxygen atoms in total. The molecule has 1 aromatic rings. The molecule has 0 radical (unpaired) electrons. The quantitative estimate of drug-likeness (QED) is 0.470. The van der Waals surface area contributed by atoms with Gasteiger partial charge in [0.2, 0.25) is 0 Å². The molecule has 1 aromatic carbocycles. The molecular weight excluding hydrogens is 294 g/mol. The number of hydrogen-bond acceptors (Lipinski definition) is 4. The van der Waals surface area contributed by atoms with Gasteiger partial charge in [0.05, 0.1) is 4.92 Å². The number of hydrogen-bond donors (Lipinski definition) is 0. The topological polar surface area (TPSA) is 69.4 Å². The Bertz CT molecular complexity index is 546. The number of ether oxygens (including phenoxy) is 1. The van der Waals surface area contributed by atoms with Gasteiger partial charge in [-0.25, -0.2) is 4.79 Å². The van der Waals surface area contributed by atoms with Crippen LogP contribution in [0.25, 0.3) is 0 Å². The number of nitro benzene ring substituents is 1. The van der Waals surface area contributed by atoms with Crippen molar-refractivity contribution in [3.8, 4) is 0 Å². The van der Waals surface area contributed by atoms with E-state index in [0.29, 0.717) is 5.92 Å². The molecule has 1 aliphatic carbocycles. The third-order valence-electron chi connectivity index (χ3n) is 3.98. The monoisotopic (exact) mass is 311 g/mol. The SMILES string of the molecule is CCC1CCCC(OC(=O)c2cccc(Cl)c2[N+](=O)[O-])C1. The molecule has 0 bridgehead atoms. The van der Waals surface area contributed by atoms with Crippen LogP contribution in [0.1, 0.15) is 49.4 Å². The van der Waals surface area contributed by atoms with Crippen LogP contribution in [0.5, 0.6) is 0 Å². The van der Waals surface area contributed by atoms with E-state index in [1.165, 1.54) is 18.2 Å². The zero-order chi connectivity index (χ0) is 15.4. The molecule has 2 atom stereocenters. The number of para-hydroxylation sites is 1. The molecule has 0 aliphatic heterocycles. The van der Waals surface area contributed by atoms with Crippen LogP contribution in [0, 0.1) is 16.0 Å². The first-order valence-electron chi connectivity index (χ1n) is 7.16. The van der Waals surface area contributed by atoms with Gasteiger partial charge >= 0.3 is 11.7 Å². The van der Waals surface area contributed by atoms with Crippen molar-refractivity contribution in [3.05, 3.63) is 38.9 Å². The highest BCUT2D eigenvalue weighted by molar-refractivity contribution is 6.33. The van der Waals surface area contributed by atoms with E-state index in [0.717, 1.165) is 32.1 Å². The van der Waals surface area contributed by atoms with Crippen LogP contribution < -0.4 is 0 Å². The number of nitro groups is 1. The molecule has 21 heavy (non-hydrogen) atoms. The average molecular weight is 312 g/mol. The summed E-state index contributed by atoms with van der Waals surface area (Å²) in [7, 11) is 0. The van der Waals surface area contributed by atoms with Crippen molar-refractivity contribution in [2.45, 2.75) is 45.1 Å². The van der Waals surface area contributed by atoms with Crippen molar-refractivity contribution in [2.75, 3.05) is 0 Å². The normalized spacial score (nSPS) is 21.8. The number of benzene rings is 1. The molecule has 0 heterocycles. The predicted molar refractivity (Wildman–Crippen MR) is 79.6 cm³/mol. The van der Waals surface area contributed by atoms with Crippen molar-refractivity contribution in [3.63, 3.8) is 0 Å². The minimum Gasteiger partial charge on any atom is -0.459 e. The van der Waals surface area contributed by atoms with Crippen LogP contribution in [-0.2, 0) is 4.74 Å². The van der Waals surface area contributed by atoms with Gasteiger partial charge in [-0.15, -0.1) is 0 Å². The lowest BCUT2D eigenvalue weighted by molar-refractivity contribution is -0.385. The van der Waals surface area contributed by atoms with E-state index in [1.807, 2.05) is 0 Å². The maximum absolute atomic E-state index is 12.2. The number of carbonyl (C=O) groups excluding carboxylic acids is 1. The molecule has 1 aliphatic rings. The van der Waals surface area contributed by atoms with Crippen molar-refractivity contribution < 1.29 is 14.5 Å². The van der Waals surface area contributed by atoms with E-state index in [4.69, 9.17) is 16.3 Å². The fourth-order valence-electron chi connectivity index (χ4n) is 2.80. The molecule has 2 unspecified atom stereocenters. The summed E-state index contributed by atoms with van der Waals surface area (Å²) in [6.07, 6.45) is 4.73. The van der Waals surface area contributed by atoms with Crippen LogP contribution in [-0.4, -0.2) is 17.0 Å². The lowest BCUT2D eigenvalue weighted by atomic mass is 9.85. The number of rotatable bonds is 4. The fraction of sp³-hybridized carbons (Fsp3) is 0.533. The summed E-state index contributed by atoms with van der Waals surface area (Å²) in [5, 5.41) is 11.0. The van der Waals surface area contributed by atoms with E-state index in [9.17, 15) is 14.9 Å². The summed E-state index contributed by atoms with van der Waals surface area (Å²) < 4.78 is 5.45. The molecule has 2 rings (SSSR count). The lowest BCUT2D eigenvalue weighted by Crippen LogP contribution is -2.25. The summed E-state index contributed by atoms with van der Waals surface area (Å²) in [6.45, 7) is 2.12. The minimum absolute atomic E-state index is 0.0514. The van der Waals surface area contributed by atoms with Crippen LogP contribution in [0.4, 0.5) is 5.69 Å². The fourth-order valence-corrected chi connectivity index (χ4v) is 3.04. The lowest BCUT2D eigenvalue weighted by Gasteiger charge is -2.28. The Morgan fingerprint density at radius 1 is 1.48 bits per heavy atom. The molecule has 1 fully saturated rings. The molecule has 6 heteroatoms. The maximum atomic E-state index is 12.2. The summed E-state index contributed by atoms with van der Waals surface area (Å²) in [5.74, 6) is -0.100. The molecule has 114 valence electrons. The van der Waals surface area contributed by atoms with Crippen molar-refractivity contribution in [2.24, 2.45) is 5.92 Å². The third kappa shape index (κ3) is 3.73. The van der Waals surface area contributed by atoms with Gasteiger partial charge in [-0.1, -0.05) is 37.4 Å². The van der Waals surface area contributed by atoms with E-state index in [2.05, 4.69) is 6.92 Å². The number of halogens is 1. The second-order valence-electron chi connectivity index (χ2n) is 5.36. The Kier molecular flexibility index (Phi) is 5.17. The molecular formula is C15H18ClNO4. The van der Waals surface area contributed by atoms with Gasteiger partial charge in [-0.2, -0.15) is 0 Å². The molecule has 0 spiro atoms. The van der Waals surface area contributed by atoms with E-state index < -0.39 is 10.9 Å². The van der Waals surface area contributed by atoms with Crippen molar-refractivity contribution in [1.82, 2.24) is 0 Å². The van der Waals surface area contributed by atoms with Crippen molar-refractivity contribution in [1.29, 1.82) is 0 Å². The van der Waals surface area contributed by atoms with Gasteiger partial charge in [0, 0.05) is 0 Å². The summed E-state index contributed by atoms with van der Waals surface area (Å²) in [6, 6.07) is 4.29. The highest BCUT2D eigenvalue weighted by Crippen LogP contribution is 2.32. The largest absolute Gasteiger partial charge is 0.459 e. The van der Waals surface area contributed by atoms with Crippen molar-refractivity contribution >= 4 is 23.3 Å². The predicted octanol–water partition coefficient (Wildman–Crippen LogP) is 4.37. The van der Waals surface area contributed by atoms with Gasteiger partial charge in [-0.3, -0.25) is 10.1 Å². The summed E-state index contributed by atoms with van der Waals surface area (Å²) in [5.41, 5.74) is -0.460. The van der Waals surface area contributed by atoms with E-state index in [1.54, 1.807) is 0 Å². The minimum atomic E-state index is -0.661. The maximum Gasteiger partial charge on any atom is 0.345 e. The first kappa shape index (κ1) is 15.8. The second-order valence-corrected chi connectivity index (χ2v) is 5.77. The van der Waals surface area contributed by atoms with E-state index in [-0.39, 0.29) is 22.4 Å². The second kappa shape index (κ2) is 6.89. The number of esters is 1. The van der Waals surface area contributed by atoms with Gasteiger partial charge in [-0.05, 0) is 37.3 Å². The zero-order valence-corrected chi connectivity index (χ0v) is 12.6. The van der Waals surface area contributed by atoms with Gasteiger partial charge in [0.1, 0.15) is 16.7 Å². The smallest absolute Gasteiger partial charge is 0.345 e. The molecule has 1 saturated carbocycles. The average Bonchev–Trinajstić information content (AvgIpc) is 2.46. The number of carbonyl (C=O) groups is 1. The van der Waals surface area contributed by atoms with E-state index >= 15 is 0 Å². The van der Waals surface area contributed by atoms with Crippen LogP contribution in [0.2, 0.25) is 5.02 Å². The first-order valence-corrected chi connectivity index (χ1v) is 7.54. The van der Waals surface area contributed by atoms with Crippen LogP contribution in [0.15, 0.2) is 18.2 Å². The Hall–Kier alpha value is -1.62.